The Morgan fingerprint density at radius 2 is 2.00 bits per heavy atom. The fraction of sp³-hybridized carbons (Fsp3) is 0.0714. The van der Waals surface area contributed by atoms with Crippen LogP contribution in [-0.2, 0) is 0 Å². The van der Waals surface area contributed by atoms with E-state index in [2.05, 4.69) is 41.4 Å². The first kappa shape index (κ1) is 13.6. The summed E-state index contributed by atoms with van der Waals surface area (Å²) in [5, 5.41) is 9.89. The maximum atomic E-state index is 4.53. The lowest BCUT2D eigenvalue weighted by Crippen LogP contribution is -2.13. The number of aromatic nitrogens is 4. The number of benzene rings is 1. The smallest absolute Gasteiger partial charge is 0.231 e. The summed E-state index contributed by atoms with van der Waals surface area (Å²) in [5.41, 5.74) is 1.02. The summed E-state index contributed by atoms with van der Waals surface area (Å²) in [7, 11) is 1.93. The Labute approximate surface area is 130 Å². The lowest BCUT2D eigenvalue weighted by Gasteiger charge is -2.18. The zero-order valence-electron chi connectivity index (χ0n) is 11.3. The van der Waals surface area contributed by atoms with Gasteiger partial charge < -0.3 is 10.2 Å². The Hall–Kier alpha value is -2.41. The molecule has 0 aliphatic heterocycles. The third-order valence-corrected chi connectivity index (χ3v) is 3.51. The Kier molecular flexibility index (Phi) is 3.83. The number of anilines is 4. The van der Waals surface area contributed by atoms with E-state index in [0.717, 1.165) is 16.0 Å². The molecule has 0 radical (unpaired) electrons. The van der Waals surface area contributed by atoms with Gasteiger partial charge in [-0.2, -0.15) is 10.1 Å². The molecule has 3 aromatic rings. The molecule has 0 saturated heterocycles. The minimum absolute atomic E-state index is 0.603. The van der Waals surface area contributed by atoms with Crippen LogP contribution in [0.1, 0.15) is 0 Å². The number of aromatic amines is 1. The van der Waals surface area contributed by atoms with Gasteiger partial charge in [0.1, 0.15) is 5.82 Å². The molecule has 0 aliphatic rings. The highest BCUT2D eigenvalue weighted by atomic mass is 79.9. The summed E-state index contributed by atoms with van der Waals surface area (Å²) in [6.45, 7) is 0. The molecule has 1 aromatic carbocycles. The average molecular weight is 345 g/mol. The number of nitrogens with one attached hydrogen (secondary N) is 2. The van der Waals surface area contributed by atoms with Gasteiger partial charge in [0, 0.05) is 25.0 Å². The molecule has 2 N–H and O–H groups in total. The van der Waals surface area contributed by atoms with Crippen LogP contribution in [-0.4, -0.2) is 27.2 Å². The molecule has 0 saturated carbocycles. The van der Waals surface area contributed by atoms with E-state index in [9.17, 15) is 0 Å². The molecular formula is C14H13BrN6. The number of hydrogen-bond donors (Lipinski definition) is 2. The summed E-state index contributed by atoms with van der Waals surface area (Å²) < 4.78 is 0.780. The van der Waals surface area contributed by atoms with E-state index >= 15 is 0 Å². The number of nitrogens with zero attached hydrogens (tertiary/aromatic N) is 4. The van der Waals surface area contributed by atoms with E-state index in [1.165, 1.54) is 0 Å². The largest absolute Gasteiger partial charge is 0.324 e. The first-order valence-corrected chi connectivity index (χ1v) is 7.11. The molecule has 0 bridgehead atoms. The van der Waals surface area contributed by atoms with Crippen molar-refractivity contribution in [3.05, 3.63) is 53.3 Å². The van der Waals surface area contributed by atoms with Crippen molar-refractivity contribution >= 4 is 39.2 Å². The van der Waals surface area contributed by atoms with Gasteiger partial charge >= 0.3 is 0 Å². The minimum Gasteiger partial charge on any atom is -0.324 e. The Morgan fingerprint density at radius 1 is 1.19 bits per heavy atom. The molecule has 3 rings (SSSR count). The fourth-order valence-electron chi connectivity index (χ4n) is 1.83. The second-order valence-electron chi connectivity index (χ2n) is 4.36. The molecule has 106 valence electrons. The standard InChI is InChI=1S/C14H13BrN6/c1-21(10-5-3-2-4-6-10)14-16-9-11(15)13(19-14)18-12-7-8-17-20-12/h2-9H,1H3,(H2,16,17,18,19,20). The monoisotopic (exact) mass is 344 g/mol. The van der Waals surface area contributed by atoms with E-state index in [0.29, 0.717) is 11.8 Å². The molecule has 2 heterocycles. The van der Waals surface area contributed by atoms with Gasteiger partial charge in [0.05, 0.1) is 10.7 Å². The van der Waals surface area contributed by atoms with Crippen LogP contribution in [0, 0.1) is 0 Å². The SMILES string of the molecule is CN(c1ccccc1)c1ncc(Br)c(Nc2ccn[nH]2)n1. The van der Waals surface area contributed by atoms with Crippen molar-refractivity contribution in [1.82, 2.24) is 20.2 Å². The van der Waals surface area contributed by atoms with E-state index in [1.54, 1.807) is 12.4 Å². The second kappa shape index (κ2) is 5.92. The molecule has 0 atom stereocenters. The van der Waals surface area contributed by atoms with Gasteiger partial charge in [-0.1, -0.05) is 18.2 Å². The molecule has 21 heavy (non-hydrogen) atoms. The second-order valence-corrected chi connectivity index (χ2v) is 5.21. The third kappa shape index (κ3) is 3.03. The summed E-state index contributed by atoms with van der Waals surface area (Å²) in [5.74, 6) is 2.04. The number of H-pyrrole nitrogens is 1. The van der Waals surface area contributed by atoms with Crippen LogP contribution in [0.3, 0.4) is 0 Å². The van der Waals surface area contributed by atoms with Gasteiger partial charge in [-0.15, -0.1) is 0 Å². The summed E-state index contributed by atoms with van der Waals surface area (Å²) in [4.78, 5) is 10.8. The summed E-state index contributed by atoms with van der Waals surface area (Å²) in [6.07, 6.45) is 3.40. The summed E-state index contributed by atoms with van der Waals surface area (Å²) in [6, 6.07) is 11.8. The van der Waals surface area contributed by atoms with Crippen LogP contribution in [0.4, 0.5) is 23.3 Å². The quantitative estimate of drug-likeness (QED) is 0.758. The maximum Gasteiger partial charge on any atom is 0.231 e. The Morgan fingerprint density at radius 3 is 2.71 bits per heavy atom. The van der Waals surface area contributed by atoms with Crippen LogP contribution in [0.15, 0.2) is 53.3 Å². The number of hydrogen-bond acceptors (Lipinski definition) is 5. The number of halogens is 1. The molecule has 0 amide bonds. The Bertz CT molecular complexity index is 714. The van der Waals surface area contributed by atoms with Gasteiger partial charge in [0.2, 0.25) is 5.95 Å². The molecule has 0 aliphatic carbocycles. The van der Waals surface area contributed by atoms with Gasteiger partial charge in [-0.25, -0.2) is 4.98 Å². The minimum atomic E-state index is 0.603. The van der Waals surface area contributed by atoms with Crippen LogP contribution in [0.2, 0.25) is 0 Å². The fourth-order valence-corrected chi connectivity index (χ4v) is 2.12. The first-order chi connectivity index (χ1) is 10.2. The van der Waals surface area contributed by atoms with Crippen molar-refractivity contribution < 1.29 is 0 Å². The number of rotatable bonds is 4. The van der Waals surface area contributed by atoms with Gasteiger partial charge in [0.25, 0.3) is 0 Å². The van der Waals surface area contributed by atoms with Crippen LogP contribution >= 0.6 is 15.9 Å². The van der Waals surface area contributed by atoms with E-state index in [1.807, 2.05) is 48.3 Å². The lowest BCUT2D eigenvalue weighted by molar-refractivity contribution is 1.03. The molecule has 2 aromatic heterocycles. The van der Waals surface area contributed by atoms with Gasteiger partial charge in [0.15, 0.2) is 5.82 Å². The number of para-hydroxylation sites is 1. The summed E-state index contributed by atoms with van der Waals surface area (Å²) >= 11 is 3.44. The highest BCUT2D eigenvalue weighted by molar-refractivity contribution is 9.10. The molecule has 6 nitrogen and oxygen atoms in total. The molecule has 0 spiro atoms. The Balaban J connectivity index is 1.90. The predicted octanol–water partition coefficient (Wildman–Crippen LogP) is 3.47. The van der Waals surface area contributed by atoms with Crippen molar-refractivity contribution in [2.24, 2.45) is 0 Å². The molecule has 7 heteroatoms. The molecule has 0 fully saturated rings. The maximum absolute atomic E-state index is 4.53. The van der Waals surface area contributed by atoms with Gasteiger partial charge in [-0.05, 0) is 28.1 Å². The third-order valence-electron chi connectivity index (χ3n) is 2.93. The van der Waals surface area contributed by atoms with Crippen LogP contribution in [0.5, 0.6) is 0 Å². The topological polar surface area (TPSA) is 69.7 Å². The van der Waals surface area contributed by atoms with E-state index < -0.39 is 0 Å². The molecular weight excluding hydrogens is 332 g/mol. The van der Waals surface area contributed by atoms with Crippen LogP contribution < -0.4 is 10.2 Å². The first-order valence-electron chi connectivity index (χ1n) is 6.32. The van der Waals surface area contributed by atoms with E-state index in [4.69, 9.17) is 0 Å². The average Bonchev–Trinajstić information content (AvgIpc) is 3.03. The normalized spacial score (nSPS) is 10.4. The van der Waals surface area contributed by atoms with Gasteiger partial charge in [-0.3, -0.25) is 5.10 Å². The van der Waals surface area contributed by atoms with Crippen molar-refractivity contribution in [2.45, 2.75) is 0 Å². The highest BCUT2D eigenvalue weighted by Crippen LogP contribution is 2.26. The van der Waals surface area contributed by atoms with E-state index in [-0.39, 0.29) is 0 Å². The van der Waals surface area contributed by atoms with Crippen molar-refractivity contribution in [1.29, 1.82) is 0 Å². The highest BCUT2D eigenvalue weighted by Gasteiger charge is 2.10. The lowest BCUT2D eigenvalue weighted by atomic mass is 10.3. The zero-order chi connectivity index (χ0) is 14.7. The zero-order valence-corrected chi connectivity index (χ0v) is 12.9. The van der Waals surface area contributed by atoms with Crippen molar-refractivity contribution in [2.75, 3.05) is 17.3 Å². The van der Waals surface area contributed by atoms with Crippen LogP contribution in [0.25, 0.3) is 0 Å². The van der Waals surface area contributed by atoms with Crippen molar-refractivity contribution in [3.63, 3.8) is 0 Å². The molecule has 0 unspecified atom stereocenters. The predicted molar refractivity (Wildman–Crippen MR) is 86.1 cm³/mol. The van der Waals surface area contributed by atoms with Crippen molar-refractivity contribution in [3.8, 4) is 0 Å².